The topological polar surface area (TPSA) is 111 Å². The van der Waals surface area contributed by atoms with Gasteiger partial charge >= 0.3 is 0 Å². The molecular weight excluding hydrogens is 467 g/mol. The summed E-state index contributed by atoms with van der Waals surface area (Å²) in [5.74, 6) is -0.219. The first kappa shape index (κ1) is 31.0. The summed E-state index contributed by atoms with van der Waals surface area (Å²) < 4.78 is 27.9. The Labute approximate surface area is 213 Å². The molecule has 200 valence electrons. The highest BCUT2D eigenvalue weighted by atomic mass is 19.1. The molecule has 1 aliphatic rings. The van der Waals surface area contributed by atoms with Crippen LogP contribution in [0.2, 0.25) is 0 Å². The van der Waals surface area contributed by atoms with E-state index in [2.05, 4.69) is 20.9 Å². The van der Waals surface area contributed by atoms with E-state index in [1.165, 1.54) is 25.4 Å². The maximum Gasteiger partial charge on any atom is 0.270 e. The first-order valence-corrected chi connectivity index (χ1v) is 12.2. The summed E-state index contributed by atoms with van der Waals surface area (Å²) in [6.07, 6.45) is 2.74. The van der Waals surface area contributed by atoms with Crippen molar-refractivity contribution in [2.24, 2.45) is 0 Å². The van der Waals surface area contributed by atoms with Crippen molar-refractivity contribution in [2.75, 3.05) is 45.8 Å². The van der Waals surface area contributed by atoms with Gasteiger partial charge in [0.25, 0.3) is 11.8 Å². The minimum absolute atomic E-state index is 0.102. The number of amides is 2. The van der Waals surface area contributed by atoms with Crippen molar-refractivity contribution in [1.29, 1.82) is 0 Å². The Morgan fingerprint density at radius 3 is 2.50 bits per heavy atom. The SMILES string of the molecule is CC.CNCCOCCNC(=O)c1cc(NC(=O)C2CCC(C)O2)ccn1.COc1cccc(F)c1. The van der Waals surface area contributed by atoms with Crippen LogP contribution in [-0.2, 0) is 14.3 Å². The van der Waals surface area contributed by atoms with Crippen LogP contribution < -0.4 is 20.7 Å². The highest BCUT2D eigenvalue weighted by Gasteiger charge is 2.28. The van der Waals surface area contributed by atoms with Gasteiger partial charge in [0, 0.05) is 31.0 Å². The summed E-state index contributed by atoms with van der Waals surface area (Å²) >= 11 is 0. The minimum Gasteiger partial charge on any atom is -0.497 e. The number of hydrogen-bond acceptors (Lipinski definition) is 7. The van der Waals surface area contributed by atoms with Gasteiger partial charge in [0.05, 0.1) is 26.4 Å². The number of nitrogens with one attached hydrogen (secondary N) is 3. The molecule has 1 fully saturated rings. The number of halogens is 1. The molecule has 2 amide bonds. The van der Waals surface area contributed by atoms with Crippen molar-refractivity contribution in [1.82, 2.24) is 15.6 Å². The Morgan fingerprint density at radius 1 is 1.14 bits per heavy atom. The average Bonchev–Trinajstić information content (AvgIpc) is 3.34. The zero-order chi connectivity index (χ0) is 26.8. The number of carbonyl (C=O) groups is 2. The third kappa shape index (κ3) is 12.1. The predicted molar refractivity (Wildman–Crippen MR) is 138 cm³/mol. The van der Waals surface area contributed by atoms with E-state index in [4.69, 9.17) is 14.2 Å². The molecule has 36 heavy (non-hydrogen) atoms. The van der Waals surface area contributed by atoms with Gasteiger partial charge in [-0.15, -0.1) is 0 Å². The lowest BCUT2D eigenvalue weighted by molar-refractivity contribution is -0.126. The molecule has 2 aromatic rings. The molecule has 3 rings (SSSR count). The van der Waals surface area contributed by atoms with Gasteiger partial charge in [-0.3, -0.25) is 14.6 Å². The average molecular weight is 507 g/mol. The summed E-state index contributed by atoms with van der Waals surface area (Å²) in [7, 11) is 3.36. The third-order valence-electron chi connectivity index (χ3n) is 4.84. The number of hydrogen-bond donors (Lipinski definition) is 3. The van der Waals surface area contributed by atoms with E-state index >= 15 is 0 Å². The molecule has 0 spiro atoms. The third-order valence-corrected chi connectivity index (χ3v) is 4.84. The molecule has 2 atom stereocenters. The van der Waals surface area contributed by atoms with Crippen molar-refractivity contribution < 1.29 is 28.2 Å². The van der Waals surface area contributed by atoms with Gasteiger partial charge in [0.15, 0.2) is 0 Å². The second-order valence-electron chi connectivity index (χ2n) is 7.57. The van der Waals surface area contributed by atoms with Crippen molar-refractivity contribution in [3.8, 4) is 5.75 Å². The molecule has 3 N–H and O–H groups in total. The van der Waals surface area contributed by atoms with Gasteiger partial charge in [0.1, 0.15) is 23.4 Å². The van der Waals surface area contributed by atoms with Crippen LogP contribution in [0.25, 0.3) is 0 Å². The standard InChI is InChI=1S/C17H26N4O4.C7H7FO.C2H6/c1-12-3-4-15(25-12)17(23)21-13-5-6-19-14(11-13)16(22)20-8-10-24-9-7-18-2;1-9-7-4-2-3-6(8)5-7;1-2/h5-6,11-12,15,18H,3-4,7-10H2,1-2H3,(H,20,22)(H,19,21,23);2-5H,1H3;1-2H3. The largest absolute Gasteiger partial charge is 0.497 e. The first-order chi connectivity index (χ1) is 17.4. The fourth-order valence-electron chi connectivity index (χ4n) is 3.05. The van der Waals surface area contributed by atoms with E-state index in [1.54, 1.807) is 24.3 Å². The predicted octanol–water partition coefficient (Wildman–Crippen LogP) is 3.41. The number of methoxy groups -OCH3 is 1. The van der Waals surface area contributed by atoms with Gasteiger partial charge in [-0.2, -0.15) is 0 Å². The zero-order valence-corrected chi connectivity index (χ0v) is 21.8. The molecule has 0 bridgehead atoms. The lowest BCUT2D eigenvalue weighted by Gasteiger charge is -2.12. The van der Waals surface area contributed by atoms with Gasteiger partial charge in [-0.25, -0.2) is 4.39 Å². The number of benzene rings is 1. The van der Waals surface area contributed by atoms with Crippen molar-refractivity contribution in [3.05, 3.63) is 54.1 Å². The van der Waals surface area contributed by atoms with Crippen LogP contribution in [0, 0.1) is 5.82 Å². The van der Waals surface area contributed by atoms with E-state index in [9.17, 15) is 14.0 Å². The summed E-state index contributed by atoms with van der Waals surface area (Å²) in [5.41, 5.74) is 0.771. The number of rotatable bonds is 10. The molecule has 0 saturated carbocycles. The zero-order valence-electron chi connectivity index (χ0n) is 21.8. The first-order valence-electron chi connectivity index (χ1n) is 12.2. The van der Waals surface area contributed by atoms with Crippen LogP contribution in [0.1, 0.15) is 44.1 Å². The Bertz CT molecular complexity index is 915. The number of pyridine rings is 1. The van der Waals surface area contributed by atoms with Crippen LogP contribution in [0.15, 0.2) is 42.6 Å². The molecule has 9 nitrogen and oxygen atoms in total. The smallest absolute Gasteiger partial charge is 0.270 e. The Balaban J connectivity index is 0.000000491. The molecule has 0 radical (unpaired) electrons. The van der Waals surface area contributed by atoms with Crippen LogP contribution >= 0.6 is 0 Å². The number of nitrogens with zero attached hydrogens (tertiary/aromatic N) is 1. The van der Waals surface area contributed by atoms with Crippen molar-refractivity contribution in [3.63, 3.8) is 0 Å². The Morgan fingerprint density at radius 2 is 1.89 bits per heavy atom. The normalized spacial score (nSPS) is 16.1. The highest BCUT2D eigenvalue weighted by molar-refractivity contribution is 5.97. The van der Waals surface area contributed by atoms with E-state index in [0.717, 1.165) is 13.0 Å². The van der Waals surface area contributed by atoms with Crippen LogP contribution in [0.5, 0.6) is 5.75 Å². The lowest BCUT2D eigenvalue weighted by atomic mass is 10.2. The van der Waals surface area contributed by atoms with E-state index < -0.39 is 6.10 Å². The van der Waals surface area contributed by atoms with Crippen LogP contribution in [-0.4, -0.2) is 69.5 Å². The summed E-state index contributed by atoms with van der Waals surface area (Å²) in [6, 6.07) is 9.21. The Kier molecular flexibility index (Phi) is 15.7. The number of anilines is 1. The fraction of sp³-hybridized carbons (Fsp3) is 0.500. The molecular formula is C26H39FN4O5. The maximum atomic E-state index is 12.3. The molecule has 2 unspecified atom stereocenters. The molecule has 1 aliphatic heterocycles. The van der Waals surface area contributed by atoms with Gasteiger partial charge in [-0.05, 0) is 51.1 Å². The number of ether oxygens (including phenoxy) is 3. The number of likely N-dealkylation sites (N-methyl/N-ethyl adjacent to an activating group) is 1. The highest BCUT2D eigenvalue weighted by Crippen LogP contribution is 2.20. The molecule has 2 heterocycles. The summed E-state index contributed by atoms with van der Waals surface area (Å²) in [4.78, 5) is 28.3. The monoisotopic (exact) mass is 506 g/mol. The minimum atomic E-state index is -0.435. The second-order valence-corrected chi connectivity index (χ2v) is 7.57. The van der Waals surface area contributed by atoms with E-state index in [-0.39, 0.29) is 29.4 Å². The second kappa shape index (κ2) is 18.2. The summed E-state index contributed by atoms with van der Waals surface area (Å²) in [6.45, 7) is 8.13. The van der Waals surface area contributed by atoms with E-state index in [1.807, 2.05) is 27.8 Å². The van der Waals surface area contributed by atoms with E-state index in [0.29, 0.717) is 37.6 Å². The Hall–Kier alpha value is -3.08. The molecule has 0 aliphatic carbocycles. The van der Waals surface area contributed by atoms with Gasteiger partial charge < -0.3 is 30.2 Å². The van der Waals surface area contributed by atoms with Crippen LogP contribution in [0.4, 0.5) is 10.1 Å². The maximum absolute atomic E-state index is 12.3. The number of aromatic nitrogens is 1. The summed E-state index contributed by atoms with van der Waals surface area (Å²) in [5, 5.41) is 8.48. The van der Waals surface area contributed by atoms with Gasteiger partial charge in [0.2, 0.25) is 0 Å². The van der Waals surface area contributed by atoms with Crippen LogP contribution in [0.3, 0.4) is 0 Å². The van der Waals surface area contributed by atoms with Crippen molar-refractivity contribution in [2.45, 2.75) is 45.8 Å². The molecule has 10 heteroatoms. The van der Waals surface area contributed by atoms with Crippen molar-refractivity contribution >= 4 is 17.5 Å². The molecule has 1 saturated heterocycles. The molecule has 1 aromatic heterocycles. The fourth-order valence-corrected chi connectivity index (χ4v) is 3.05. The lowest BCUT2D eigenvalue weighted by Crippen LogP contribution is -2.29. The van der Waals surface area contributed by atoms with Gasteiger partial charge in [-0.1, -0.05) is 19.9 Å². The molecule has 1 aromatic carbocycles. The quantitative estimate of drug-likeness (QED) is 0.424. The number of carbonyl (C=O) groups excluding carboxylic acids is 2.